The van der Waals surface area contributed by atoms with Gasteiger partial charge in [0.25, 0.3) is 6.01 Å². The van der Waals surface area contributed by atoms with Gasteiger partial charge in [-0.3, -0.25) is 9.59 Å². The third-order valence-corrected chi connectivity index (χ3v) is 6.33. The van der Waals surface area contributed by atoms with E-state index >= 15 is 0 Å². The van der Waals surface area contributed by atoms with Gasteiger partial charge in [0.05, 0.1) is 11.5 Å². The molecule has 1 amide bonds. The van der Waals surface area contributed by atoms with Gasteiger partial charge in [-0.25, -0.2) is 0 Å². The molecular formula is C21H27N3O4. The number of aliphatic carboxylic acids is 1. The van der Waals surface area contributed by atoms with Crippen molar-refractivity contribution in [1.29, 1.82) is 0 Å². The Morgan fingerprint density at radius 1 is 1.21 bits per heavy atom. The average molecular weight is 385 g/mol. The second kappa shape index (κ2) is 7.45. The Hall–Kier alpha value is -2.57. The Balaban J connectivity index is 1.37. The van der Waals surface area contributed by atoms with Crippen LogP contribution in [0.2, 0.25) is 0 Å². The Bertz CT molecular complexity index is 838. The maximum absolute atomic E-state index is 12.9. The normalized spacial score (nSPS) is 26.3. The van der Waals surface area contributed by atoms with E-state index in [0.29, 0.717) is 38.4 Å². The molecule has 1 aromatic carbocycles. The van der Waals surface area contributed by atoms with E-state index in [1.165, 1.54) is 0 Å². The largest absolute Gasteiger partial charge is 0.481 e. The lowest BCUT2D eigenvalue weighted by Gasteiger charge is -2.41. The van der Waals surface area contributed by atoms with Gasteiger partial charge < -0.3 is 19.7 Å². The SMILES string of the molecule is CC1(NC(=O)C2CCN(c3nc4ccccc4o3)CC2)CCCCC1C(=O)O. The molecule has 1 aliphatic heterocycles. The number of rotatable bonds is 4. The fourth-order valence-corrected chi connectivity index (χ4v) is 4.59. The van der Waals surface area contributed by atoms with E-state index in [9.17, 15) is 14.7 Å². The van der Waals surface area contributed by atoms with Gasteiger partial charge in [0.2, 0.25) is 5.91 Å². The number of carbonyl (C=O) groups excluding carboxylic acids is 1. The molecule has 2 heterocycles. The molecule has 2 fully saturated rings. The Labute approximate surface area is 164 Å². The summed E-state index contributed by atoms with van der Waals surface area (Å²) >= 11 is 0. The molecule has 1 aromatic heterocycles. The number of fused-ring (bicyclic) bond motifs is 1. The highest BCUT2D eigenvalue weighted by atomic mass is 16.4. The third-order valence-electron chi connectivity index (χ3n) is 6.33. The summed E-state index contributed by atoms with van der Waals surface area (Å²) in [5.41, 5.74) is 0.947. The Morgan fingerprint density at radius 2 is 1.96 bits per heavy atom. The number of carbonyl (C=O) groups is 2. The summed E-state index contributed by atoms with van der Waals surface area (Å²) in [5, 5.41) is 12.6. The van der Waals surface area contributed by atoms with E-state index in [4.69, 9.17) is 4.42 Å². The molecule has 7 nitrogen and oxygen atoms in total. The first kappa shape index (κ1) is 18.8. The van der Waals surface area contributed by atoms with Crippen molar-refractivity contribution in [3.8, 4) is 0 Å². The standard InChI is InChI=1S/C21H27N3O4/c1-21(11-5-4-6-15(21)19(26)27)23-18(25)14-9-12-24(13-10-14)20-22-16-7-2-3-8-17(16)28-20/h2-3,7-8,14-15H,4-6,9-13H2,1H3,(H,23,25)(H,26,27). The fraction of sp³-hybridized carbons (Fsp3) is 0.571. The summed E-state index contributed by atoms with van der Waals surface area (Å²) in [6, 6.07) is 8.28. The molecule has 0 radical (unpaired) electrons. The number of para-hydroxylation sites is 2. The quantitative estimate of drug-likeness (QED) is 0.839. The number of piperidine rings is 1. The zero-order valence-corrected chi connectivity index (χ0v) is 16.2. The summed E-state index contributed by atoms with van der Waals surface area (Å²) < 4.78 is 5.83. The van der Waals surface area contributed by atoms with E-state index in [0.717, 1.165) is 30.4 Å². The molecule has 4 rings (SSSR count). The van der Waals surface area contributed by atoms with Gasteiger partial charge in [-0.2, -0.15) is 4.98 Å². The summed E-state index contributed by atoms with van der Waals surface area (Å²) in [7, 11) is 0. The summed E-state index contributed by atoms with van der Waals surface area (Å²) in [6.07, 6.45) is 4.62. The Kier molecular flexibility index (Phi) is 5.00. The third kappa shape index (κ3) is 3.57. The van der Waals surface area contributed by atoms with Crippen molar-refractivity contribution in [2.45, 2.75) is 51.0 Å². The molecule has 150 valence electrons. The van der Waals surface area contributed by atoms with Crippen LogP contribution < -0.4 is 10.2 Å². The van der Waals surface area contributed by atoms with Crippen LogP contribution in [0.15, 0.2) is 28.7 Å². The molecule has 0 spiro atoms. The van der Waals surface area contributed by atoms with Gasteiger partial charge in [-0.05, 0) is 44.7 Å². The average Bonchev–Trinajstić information content (AvgIpc) is 3.12. The number of hydrogen-bond acceptors (Lipinski definition) is 5. The van der Waals surface area contributed by atoms with Crippen molar-refractivity contribution in [1.82, 2.24) is 10.3 Å². The van der Waals surface area contributed by atoms with Gasteiger partial charge >= 0.3 is 5.97 Å². The van der Waals surface area contributed by atoms with Crippen molar-refractivity contribution in [2.24, 2.45) is 11.8 Å². The molecule has 2 unspecified atom stereocenters. The molecule has 2 N–H and O–H groups in total. The van der Waals surface area contributed by atoms with E-state index in [1.807, 2.05) is 31.2 Å². The minimum atomic E-state index is -0.812. The van der Waals surface area contributed by atoms with Crippen LogP contribution in [0.5, 0.6) is 0 Å². The van der Waals surface area contributed by atoms with Crippen molar-refractivity contribution in [3.63, 3.8) is 0 Å². The molecule has 1 aliphatic carbocycles. The van der Waals surface area contributed by atoms with Crippen molar-refractivity contribution >= 4 is 29.0 Å². The maximum Gasteiger partial charge on any atom is 0.308 e. The first-order valence-corrected chi connectivity index (χ1v) is 10.1. The number of oxazole rings is 1. The van der Waals surface area contributed by atoms with Crippen LogP contribution in [0.25, 0.3) is 11.1 Å². The van der Waals surface area contributed by atoms with Crippen LogP contribution >= 0.6 is 0 Å². The van der Waals surface area contributed by atoms with Crippen LogP contribution in [0.4, 0.5) is 6.01 Å². The second-order valence-corrected chi connectivity index (χ2v) is 8.27. The molecule has 2 aromatic rings. The number of hydrogen-bond donors (Lipinski definition) is 2. The number of amides is 1. The van der Waals surface area contributed by atoms with E-state index in [1.54, 1.807) is 0 Å². The van der Waals surface area contributed by atoms with E-state index < -0.39 is 17.4 Å². The number of anilines is 1. The highest BCUT2D eigenvalue weighted by molar-refractivity contribution is 5.81. The van der Waals surface area contributed by atoms with Crippen molar-refractivity contribution < 1.29 is 19.1 Å². The van der Waals surface area contributed by atoms with Crippen LogP contribution in [-0.2, 0) is 9.59 Å². The van der Waals surface area contributed by atoms with Crippen molar-refractivity contribution in [2.75, 3.05) is 18.0 Å². The Morgan fingerprint density at radius 3 is 2.68 bits per heavy atom. The van der Waals surface area contributed by atoms with Crippen molar-refractivity contribution in [3.05, 3.63) is 24.3 Å². The van der Waals surface area contributed by atoms with Crippen LogP contribution in [0.3, 0.4) is 0 Å². The summed E-state index contributed by atoms with van der Waals surface area (Å²) in [4.78, 5) is 31.1. The summed E-state index contributed by atoms with van der Waals surface area (Å²) in [5.74, 6) is -1.44. The first-order valence-electron chi connectivity index (χ1n) is 10.1. The zero-order valence-electron chi connectivity index (χ0n) is 16.2. The second-order valence-electron chi connectivity index (χ2n) is 8.27. The van der Waals surface area contributed by atoms with Gasteiger partial charge in [0, 0.05) is 19.0 Å². The number of nitrogens with zero attached hydrogens (tertiary/aromatic N) is 2. The fourth-order valence-electron chi connectivity index (χ4n) is 4.59. The predicted molar refractivity (Wildman–Crippen MR) is 105 cm³/mol. The maximum atomic E-state index is 12.9. The minimum absolute atomic E-state index is 0.0205. The van der Waals surface area contributed by atoms with Crippen LogP contribution in [-0.4, -0.2) is 40.6 Å². The zero-order chi connectivity index (χ0) is 19.7. The number of carboxylic acid groups (broad SMARTS) is 1. The number of nitrogens with one attached hydrogen (secondary N) is 1. The molecule has 28 heavy (non-hydrogen) atoms. The molecule has 2 aliphatic rings. The van der Waals surface area contributed by atoms with E-state index in [-0.39, 0.29) is 11.8 Å². The predicted octanol–water partition coefficient (Wildman–Crippen LogP) is 3.19. The molecule has 1 saturated heterocycles. The number of aromatic nitrogens is 1. The highest BCUT2D eigenvalue weighted by Crippen LogP contribution is 2.35. The van der Waals surface area contributed by atoms with Gasteiger partial charge in [0.1, 0.15) is 5.52 Å². The van der Waals surface area contributed by atoms with Gasteiger partial charge in [-0.15, -0.1) is 0 Å². The van der Waals surface area contributed by atoms with Crippen LogP contribution in [0.1, 0.15) is 45.4 Å². The van der Waals surface area contributed by atoms with Gasteiger partial charge in [0.15, 0.2) is 5.58 Å². The first-order chi connectivity index (χ1) is 13.5. The molecule has 7 heteroatoms. The van der Waals surface area contributed by atoms with Crippen LogP contribution in [0, 0.1) is 11.8 Å². The molecule has 2 atom stereocenters. The summed E-state index contributed by atoms with van der Waals surface area (Å²) in [6.45, 7) is 3.28. The highest BCUT2D eigenvalue weighted by Gasteiger charge is 2.43. The topological polar surface area (TPSA) is 95.7 Å². The lowest BCUT2D eigenvalue weighted by atomic mass is 9.73. The lowest BCUT2D eigenvalue weighted by molar-refractivity contribution is -0.147. The number of carboxylic acids is 1. The lowest BCUT2D eigenvalue weighted by Crippen LogP contribution is -2.57. The molecule has 1 saturated carbocycles. The molecular weight excluding hydrogens is 358 g/mol. The monoisotopic (exact) mass is 385 g/mol. The number of benzene rings is 1. The van der Waals surface area contributed by atoms with E-state index in [2.05, 4.69) is 15.2 Å². The minimum Gasteiger partial charge on any atom is -0.481 e. The smallest absolute Gasteiger partial charge is 0.308 e. The van der Waals surface area contributed by atoms with Gasteiger partial charge in [-0.1, -0.05) is 25.0 Å². The molecule has 0 bridgehead atoms.